The summed E-state index contributed by atoms with van der Waals surface area (Å²) in [6, 6.07) is 0.681. The average molecular weight is 296 g/mol. The summed E-state index contributed by atoms with van der Waals surface area (Å²) < 4.78 is 0. The third kappa shape index (κ3) is 5.54. The van der Waals surface area contributed by atoms with Gasteiger partial charge in [0.25, 0.3) is 0 Å². The minimum Gasteiger partial charge on any atom is -0.394 e. The Morgan fingerprint density at radius 2 is 1.95 bits per heavy atom. The Morgan fingerprint density at radius 3 is 2.57 bits per heavy atom. The fraction of sp³-hybridized carbons (Fsp3) is 1.00. The minimum atomic E-state index is -0.0149. The van der Waals surface area contributed by atoms with Gasteiger partial charge in [-0.3, -0.25) is 0 Å². The van der Waals surface area contributed by atoms with E-state index in [1.165, 1.54) is 64.6 Å². The predicted molar refractivity (Wildman–Crippen MR) is 89.6 cm³/mol. The van der Waals surface area contributed by atoms with Crippen LogP contribution in [0, 0.1) is 5.92 Å². The molecule has 2 aliphatic rings. The van der Waals surface area contributed by atoms with E-state index in [0.29, 0.717) is 6.04 Å². The molecule has 3 heteroatoms. The van der Waals surface area contributed by atoms with Crippen LogP contribution in [0.3, 0.4) is 0 Å². The highest BCUT2D eigenvalue weighted by molar-refractivity contribution is 4.94. The quantitative estimate of drug-likeness (QED) is 0.686. The predicted octanol–water partition coefficient (Wildman–Crippen LogP) is 3.17. The van der Waals surface area contributed by atoms with Crippen LogP contribution >= 0.6 is 0 Å². The zero-order valence-corrected chi connectivity index (χ0v) is 14.2. The lowest BCUT2D eigenvalue weighted by Crippen LogP contribution is -2.49. The van der Waals surface area contributed by atoms with Crippen LogP contribution in [0.4, 0.5) is 0 Å². The Kier molecular flexibility index (Phi) is 6.97. The maximum absolute atomic E-state index is 9.83. The molecule has 21 heavy (non-hydrogen) atoms. The van der Waals surface area contributed by atoms with Crippen molar-refractivity contribution < 1.29 is 5.11 Å². The number of nitrogens with one attached hydrogen (secondary N) is 1. The molecule has 0 bridgehead atoms. The van der Waals surface area contributed by atoms with Gasteiger partial charge in [0.1, 0.15) is 0 Å². The zero-order valence-electron chi connectivity index (χ0n) is 14.2. The van der Waals surface area contributed by atoms with Gasteiger partial charge in [0.2, 0.25) is 0 Å². The normalized spacial score (nSPS) is 27.3. The van der Waals surface area contributed by atoms with E-state index < -0.39 is 0 Å². The molecule has 2 atom stereocenters. The standard InChI is InChI=1S/C18H36N2O/c1-3-16-7-5-12-20(14-10-16)13-6-11-18(4-2,15-21)19-17-8-9-17/h16-17,19,21H,3-15H2,1-2H3. The first-order valence-electron chi connectivity index (χ1n) is 9.32. The van der Waals surface area contributed by atoms with Gasteiger partial charge in [-0.25, -0.2) is 0 Å². The zero-order chi connectivity index (χ0) is 15.1. The first-order valence-corrected chi connectivity index (χ1v) is 9.32. The summed E-state index contributed by atoms with van der Waals surface area (Å²) in [5.74, 6) is 0.957. The summed E-state index contributed by atoms with van der Waals surface area (Å²) in [5.41, 5.74) is -0.0149. The number of rotatable bonds is 9. The van der Waals surface area contributed by atoms with Gasteiger partial charge in [-0.05, 0) is 76.9 Å². The second-order valence-electron chi connectivity index (χ2n) is 7.36. The summed E-state index contributed by atoms with van der Waals surface area (Å²) in [5, 5.41) is 13.5. The molecule has 0 aromatic carbocycles. The molecule has 0 aromatic heterocycles. The molecular formula is C18H36N2O. The third-order valence-corrected chi connectivity index (χ3v) is 5.71. The molecule has 2 fully saturated rings. The van der Waals surface area contributed by atoms with Crippen molar-refractivity contribution in [3.05, 3.63) is 0 Å². The highest BCUT2D eigenvalue weighted by atomic mass is 16.3. The van der Waals surface area contributed by atoms with Crippen LogP contribution < -0.4 is 5.32 Å². The summed E-state index contributed by atoms with van der Waals surface area (Å²) in [6.07, 6.45) is 11.5. The molecule has 0 spiro atoms. The first kappa shape index (κ1) is 17.2. The molecular weight excluding hydrogens is 260 g/mol. The van der Waals surface area contributed by atoms with E-state index in [-0.39, 0.29) is 12.1 Å². The minimum absolute atomic E-state index is 0.0149. The molecule has 2 rings (SSSR count). The van der Waals surface area contributed by atoms with E-state index in [1.807, 2.05) is 0 Å². The van der Waals surface area contributed by atoms with Crippen molar-refractivity contribution in [3.63, 3.8) is 0 Å². The van der Waals surface area contributed by atoms with E-state index in [2.05, 4.69) is 24.1 Å². The van der Waals surface area contributed by atoms with Gasteiger partial charge in [-0.1, -0.05) is 20.3 Å². The van der Waals surface area contributed by atoms with Crippen molar-refractivity contribution in [2.24, 2.45) is 5.92 Å². The largest absolute Gasteiger partial charge is 0.394 e. The van der Waals surface area contributed by atoms with E-state index in [0.717, 1.165) is 18.8 Å². The number of aliphatic hydroxyl groups is 1. The van der Waals surface area contributed by atoms with Gasteiger partial charge < -0.3 is 15.3 Å². The summed E-state index contributed by atoms with van der Waals surface area (Å²) in [4.78, 5) is 2.66. The summed E-state index contributed by atoms with van der Waals surface area (Å²) in [7, 11) is 0. The maximum Gasteiger partial charge on any atom is 0.0613 e. The van der Waals surface area contributed by atoms with Crippen molar-refractivity contribution >= 4 is 0 Å². The van der Waals surface area contributed by atoms with Gasteiger partial charge in [0, 0.05) is 11.6 Å². The Balaban J connectivity index is 1.71. The SMILES string of the molecule is CCC1CCCN(CCCC(CC)(CO)NC2CC2)CC1. The maximum atomic E-state index is 9.83. The number of hydrogen-bond acceptors (Lipinski definition) is 3. The van der Waals surface area contributed by atoms with E-state index in [9.17, 15) is 5.11 Å². The van der Waals surface area contributed by atoms with Crippen molar-refractivity contribution in [2.45, 2.75) is 83.2 Å². The van der Waals surface area contributed by atoms with Gasteiger partial charge >= 0.3 is 0 Å². The highest BCUT2D eigenvalue weighted by Crippen LogP contribution is 2.27. The highest BCUT2D eigenvalue weighted by Gasteiger charge is 2.34. The fourth-order valence-electron chi connectivity index (χ4n) is 3.75. The van der Waals surface area contributed by atoms with Gasteiger partial charge in [-0.15, -0.1) is 0 Å². The molecule has 3 nitrogen and oxygen atoms in total. The second-order valence-corrected chi connectivity index (χ2v) is 7.36. The smallest absolute Gasteiger partial charge is 0.0613 e. The van der Waals surface area contributed by atoms with Crippen LogP contribution in [-0.4, -0.2) is 47.8 Å². The monoisotopic (exact) mass is 296 g/mol. The van der Waals surface area contributed by atoms with Crippen molar-refractivity contribution in [1.82, 2.24) is 10.2 Å². The Hall–Kier alpha value is -0.120. The van der Waals surface area contributed by atoms with Crippen molar-refractivity contribution in [3.8, 4) is 0 Å². The number of hydrogen-bond donors (Lipinski definition) is 2. The molecule has 1 aliphatic carbocycles. The molecule has 0 amide bonds. The van der Waals surface area contributed by atoms with E-state index >= 15 is 0 Å². The lowest BCUT2D eigenvalue weighted by Gasteiger charge is -2.33. The molecule has 124 valence electrons. The van der Waals surface area contributed by atoms with Crippen LogP contribution in [0.25, 0.3) is 0 Å². The molecule has 1 saturated heterocycles. The topological polar surface area (TPSA) is 35.5 Å². The fourth-order valence-corrected chi connectivity index (χ4v) is 3.75. The molecule has 1 heterocycles. The average Bonchev–Trinajstić information content (AvgIpc) is 3.33. The second kappa shape index (κ2) is 8.50. The number of likely N-dealkylation sites (tertiary alicyclic amines) is 1. The van der Waals surface area contributed by atoms with Crippen LogP contribution in [0.1, 0.15) is 71.6 Å². The lowest BCUT2D eigenvalue weighted by molar-refractivity contribution is 0.136. The molecule has 0 aromatic rings. The van der Waals surface area contributed by atoms with E-state index in [1.54, 1.807) is 0 Å². The molecule has 1 saturated carbocycles. The summed E-state index contributed by atoms with van der Waals surface area (Å²) in [6.45, 7) is 8.62. The summed E-state index contributed by atoms with van der Waals surface area (Å²) >= 11 is 0. The van der Waals surface area contributed by atoms with Crippen LogP contribution in [0.15, 0.2) is 0 Å². The lowest BCUT2D eigenvalue weighted by atomic mass is 9.91. The number of nitrogens with zero attached hydrogens (tertiary/aromatic N) is 1. The first-order chi connectivity index (χ1) is 10.2. The van der Waals surface area contributed by atoms with Crippen molar-refractivity contribution in [2.75, 3.05) is 26.2 Å². The van der Waals surface area contributed by atoms with Crippen LogP contribution in [0.5, 0.6) is 0 Å². The van der Waals surface area contributed by atoms with Crippen molar-refractivity contribution in [1.29, 1.82) is 0 Å². The third-order valence-electron chi connectivity index (χ3n) is 5.71. The molecule has 0 radical (unpaired) electrons. The van der Waals surface area contributed by atoms with Crippen LogP contribution in [-0.2, 0) is 0 Å². The Labute approximate surface area is 131 Å². The van der Waals surface area contributed by atoms with Gasteiger partial charge in [0.15, 0.2) is 0 Å². The Bertz CT molecular complexity index is 287. The molecule has 1 aliphatic heterocycles. The van der Waals surface area contributed by atoms with Gasteiger partial charge in [0.05, 0.1) is 6.61 Å². The molecule has 2 unspecified atom stereocenters. The van der Waals surface area contributed by atoms with E-state index in [4.69, 9.17) is 0 Å². The van der Waals surface area contributed by atoms with Crippen LogP contribution in [0.2, 0.25) is 0 Å². The van der Waals surface area contributed by atoms with Gasteiger partial charge in [-0.2, -0.15) is 0 Å². The Morgan fingerprint density at radius 1 is 1.14 bits per heavy atom. The number of aliphatic hydroxyl groups excluding tert-OH is 1. The molecule has 2 N–H and O–H groups in total.